The van der Waals surface area contributed by atoms with Gasteiger partial charge in [0.1, 0.15) is 5.82 Å². The molecule has 0 atom stereocenters. The van der Waals surface area contributed by atoms with Crippen LogP contribution < -0.4 is 5.32 Å². The van der Waals surface area contributed by atoms with Crippen LogP contribution in [0, 0.1) is 17.1 Å². The zero-order valence-corrected chi connectivity index (χ0v) is 20.2. The molecule has 0 unspecified atom stereocenters. The number of nitrogens with one attached hydrogen (secondary N) is 1. The van der Waals surface area contributed by atoms with Crippen LogP contribution in [-0.2, 0) is 12.0 Å². The Bertz CT molecular complexity index is 1280. The summed E-state index contributed by atoms with van der Waals surface area (Å²) >= 11 is 0. The fourth-order valence-corrected chi connectivity index (χ4v) is 5.08. The highest BCUT2D eigenvalue weighted by atomic mass is 19.1. The van der Waals surface area contributed by atoms with E-state index in [9.17, 15) is 14.4 Å². The number of hydrogen-bond acceptors (Lipinski definition) is 4. The van der Waals surface area contributed by atoms with Crippen molar-refractivity contribution in [2.45, 2.75) is 43.7 Å². The van der Waals surface area contributed by atoms with Crippen LogP contribution in [0.1, 0.15) is 47.2 Å². The fraction of sp³-hybridized carbons (Fsp3) is 0.300. The number of piperidine rings is 1. The maximum absolute atomic E-state index is 13.5. The molecule has 0 radical (unpaired) electrons. The molecule has 0 bridgehead atoms. The van der Waals surface area contributed by atoms with Gasteiger partial charge in [0.15, 0.2) is 0 Å². The van der Waals surface area contributed by atoms with E-state index in [4.69, 9.17) is 0 Å². The molecule has 1 aliphatic heterocycles. The molecule has 1 amide bonds. The number of amides is 1. The number of carbonyl (C=O) groups excluding carboxylic acids is 1. The number of likely N-dealkylation sites (tertiary alicyclic amines) is 1. The Morgan fingerprint density at radius 3 is 2.47 bits per heavy atom. The van der Waals surface area contributed by atoms with Crippen molar-refractivity contribution in [1.82, 2.24) is 15.2 Å². The van der Waals surface area contributed by atoms with Gasteiger partial charge in [-0.3, -0.25) is 14.7 Å². The lowest BCUT2D eigenvalue weighted by atomic mass is 9.79. The average Bonchev–Trinajstić information content (AvgIpc) is 3.41. The quantitative estimate of drug-likeness (QED) is 0.480. The van der Waals surface area contributed by atoms with Gasteiger partial charge in [0, 0.05) is 37.4 Å². The smallest absolute Gasteiger partial charge is 0.253 e. The van der Waals surface area contributed by atoms with Gasteiger partial charge in [-0.15, -0.1) is 0 Å². The molecule has 1 N–H and O–H groups in total. The molecule has 36 heavy (non-hydrogen) atoms. The van der Waals surface area contributed by atoms with Crippen molar-refractivity contribution in [2.75, 3.05) is 13.1 Å². The Morgan fingerprint density at radius 2 is 1.83 bits per heavy atom. The van der Waals surface area contributed by atoms with Crippen LogP contribution in [0.25, 0.3) is 11.3 Å². The number of halogens is 1. The molecule has 3 aromatic rings. The molecule has 182 valence electrons. The number of benzene rings is 2. The van der Waals surface area contributed by atoms with Crippen molar-refractivity contribution in [1.29, 1.82) is 5.26 Å². The molecule has 1 aromatic heterocycles. The van der Waals surface area contributed by atoms with E-state index in [1.165, 1.54) is 17.7 Å². The van der Waals surface area contributed by atoms with Gasteiger partial charge >= 0.3 is 0 Å². The molecule has 1 saturated heterocycles. The first-order valence-corrected chi connectivity index (χ1v) is 12.5. The predicted octanol–water partition coefficient (Wildman–Crippen LogP) is 5.39. The van der Waals surface area contributed by atoms with Gasteiger partial charge in [0.05, 0.1) is 22.7 Å². The monoisotopic (exact) mass is 480 g/mol. The molecule has 0 spiro atoms. The van der Waals surface area contributed by atoms with Crippen LogP contribution in [0.4, 0.5) is 4.39 Å². The van der Waals surface area contributed by atoms with E-state index in [1.54, 1.807) is 30.5 Å². The second-order valence-electron chi connectivity index (χ2n) is 9.74. The second-order valence-corrected chi connectivity index (χ2v) is 9.74. The first kappa shape index (κ1) is 23.9. The lowest BCUT2D eigenvalue weighted by Gasteiger charge is -2.32. The van der Waals surface area contributed by atoms with Crippen molar-refractivity contribution in [3.63, 3.8) is 0 Å². The predicted molar refractivity (Wildman–Crippen MR) is 138 cm³/mol. The van der Waals surface area contributed by atoms with Crippen LogP contribution >= 0.6 is 0 Å². The Hall–Kier alpha value is -3.82. The third-order valence-corrected chi connectivity index (χ3v) is 7.29. The highest BCUT2D eigenvalue weighted by Crippen LogP contribution is 2.36. The second kappa shape index (κ2) is 10.4. The first-order valence-electron chi connectivity index (χ1n) is 12.5. The standard InChI is InChI=1S/C30H29FN4O/c31-26-5-3-4-23(18-26)28-11-8-24(19-33-28)29(36)34-27-12-16-35(17-13-27)20-22-6-9-25(10-7-22)30(21-32)14-1-2-15-30/h1-11,18-19,27H,12-17,20H2,(H,34,36). The van der Waals surface area contributed by atoms with Gasteiger partial charge in [0.25, 0.3) is 5.91 Å². The van der Waals surface area contributed by atoms with Crippen LogP contribution in [0.5, 0.6) is 0 Å². The van der Waals surface area contributed by atoms with E-state index in [0.29, 0.717) is 16.8 Å². The summed E-state index contributed by atoms with van der Waals surface area (Å²) in [5.41, 5.74) is 3.76. The summed E-state index contributed by atoms with van der Waals surface area (Å²) in [5, 5.41) is 12.8. The van der Waals surface area contributed by atoms with Crippen LogP contribution in [0.2, 0.25) is 0 Å². The van der Waals surface area contributed by atoms with E-state index >= 15 is 0 Å². The fourth-order valence-electron chi connectivity index (χ4n) is 5.08. The van der Waals surface area contributed by atoms with Gasteiger partial charge in [0.2, 0.25) is 0 Å². The van der Waals surface area contributed by atoms with Crippen LogP contribution in [0.3, 0.4) is 0 Å². The Kier molecular flexibility index (Phi) is 6.92. The topological polar surface area (TPSA) is 69.0 Å². The zero-order chi connectivity index (χ0) is 25.0. The van der Waals surface area contributed by atoms with E-state index in [2.05, 4.69) is 57.7 Å². The lowest BCUT2D eigenvalue weighted by Crippen LogP contribution is -2.44. The van der Waals surface area contributed by atoms with Crippen molar-refractivity contribution in [2.24, 2.45) is 0 Å². The summed E-state index contributed by atoms with van der Waals surface area (Å²) in [7, 11) is 0. The first-order chi connectivity index (χ1) is 17.5. The molecule has 1 fully saturated rings. The molecule has 2 aromatic carbocycles. The zero-order valence-electron chi connectivity index (χ0n) is 20.2. The molecule has 5 nitrogen and oxygen atoms in total. The maximum atomic E-state index is 13.5. The lowest BCUT2D eigenvalue weighted by molar-refractivity contribution is 0.0908. The number of nitriles is 1. The van der Waals surface area contributed by atoms with Gasteiger partial charge in [-0.2, -0.15) is 5.26 Å². The Labute approximate surface area is 211 Å². The van der Waals surface area contributed by atoms with Crippen molar-refractivity contribution >= 4 is 5.91 Å². The minimum absolute atomic E-state index is 0.129. The van der Waals surface area contributed by atoms with E-state index in [-0.39, 0.29) is 17.8 Å². The van der Waals surface area contributed by atoms with E-state index in [0.717, 1.165) is 50.9 Å². The number of carbonyl (C=O) groups is 1. The van der Waals surface area contributed by atoms with Gasteiger partial charge in [-0.1, -0.05) is 48.6 Å². The molecule has 1 aliphatic carbocycles. The molecule has 5 rings (SSSR count). The van der Waals surface area contributed by atoms with Gasteiger partial charge < -0.3 is 5.32 Å². The number of aromatic nitrogens is 1. The number of allylic oxidation sites excluding steroid dienone is 2. The SMILES string of the molecule is N#CC1(c2ccc(CN3CCC(NC(=O)c4ccc(-c5cccc(F)c5)nc4)CC3)cc2)CC=CC1. The summed E-state index contributed by atoms with van der Waals surface area (Å²) in [6, 6.07) is 20.9. The van der Waals surface area contributed by atoms with Gasteiger partial charge in [-0.05, 0) is 61.1 Å². The summed E-state index contributed by atoms with van der Waals surface area (Å²) in [6.07, 6.45) is 9.10. The number of rotatable bonds is 6. The number of pyridine rings is 1. The third kappa shape index (κ3) is 5.22. The van der Waals surface area contributed by atoms with Crippen molar-refractivity contribution in [3.05, 3.63) is 102 Å². The van der Waals surface area contributed by atoms with Crippen molar-refractivity contribution < 1.29 is 9.18 Å². The maximum Gasteiger partial charge on any atom is 0.253 e. The Morgan fingerprint density at radius 1 is 1.08 bits per heavy atom. The highest BCUT2D eigenvalue weighted by Gasteiger charge is 2.32. The molecule has 0 saturated carbocycles. The minimum Gasteiger partial charge on any atom is -0.349 e. The summed E-state index contributed by atoms with van der Waals surface area (Å²) in [5.74, 6) is -0.441. The molecular weight excluding hydrogens is 451 g/mol. The number of hydrogen-bond donors (Lipinski definition) is 1. The van der Waals surface area contributed by atoms with Crippen LogP contribution in [0.15, 0.2) is 79.0 Å². The highest BCUT2D eigenvalue weighted by molar-refractivity contribution is 5.94. The third-order valence-electron chi connectivity index (χ3n) is 7.29. The Balaban J connectivity index is 1.11. The molecule has 2 aliphatic rings. The number of nitrogens with zero attached hydrogens (tertiary/aromatic N) is 3. The van der Waals surface area contributed by atoms with Crippen LogP contribution in [-0.4, -0.2) is 34.9 Å². The average molecular weight is 481 g/mol. The van der Waals surface area contributed by atoms with Crippen molar-refractivity contribution in [3.8, 4) is 17.3 Å². The summed E-state index contributed by atoms with van der Waals surface area (Å²) < 4.78 is 13.5. The normalized spacial score (nSPS) is 17.6. The molecular formula is C30H29FN4O. The summed E-state index contributed by atoms with van der Waals surface area (Å²) in [6.45, 7) is 2.69. The molecule has 6 heteroatoms. The van der Waals surface area contributed by atoms with Gasteiger partial charge in [-0.25, -0.2) is 4.39 Å². The summed E-state index contributed by atoms with van der Waals surface area (Å²) in [4.78, 5) is 19.5. The minimum atomic E-state index is -0.398. The molecule has 2 heterocycles. The van der Waals surface area contributed by atoms with E-state index in [1.807, 2.05) is 0 Å². The van der Waals surface area contributed by atoms with E-state index < -0.39 is 5.41 Å². The largest absolute Gasteiger partial charge is 0.349 e.